The van der Waals surface area contributed by atoms with Crippen LogP contribution in [-0.2, 0) is 0 Å². The molecule has 0 saturated heterocycles. The molecule has 0 aliphatic carbocycles. The number of halogens is 2. The number of hydrogen-bond donors (Lipinski definition) is 0. The first kappa shape index (κ1) is 14.6. The molecule has 122 valence electrons. The third-order valence-corrected chi connectivity index (χ3v) is 3.66. The Balaban J connectivity index is 1.92. The highest BCUT2D eigenvalue weighted by molar-refractivity contribution is 5.82. The Morgan fingerprint density at radius 1 is 1.00 bits per heavy atom. The molecular formula is C17H11F2NO4. The first-order valence-electron chi connectivity index (χ1n) is 7.32. The molecule has 3 aromatic rings. The Labute approximate surface area is 134 Å². The number of benzene rings is 2. The largest absolute Gasteiger partial charge is 0.490 e. The minimum absolute atomic E-state index is 0.0949. The van der Waals surface area contributed by atoms with Crippen LogP contribution in [-0.4, -0.2) is 18.2 Å². The molecule has 0 spiro atoms. The van der Waals surface area contributed by atoms with Gasteiger partial charge in [0.05, 0.1) is 29.7 Å². The van der Waals surface area contributed by atoms with Crippen molar-refractivity contribution in [1.82, 2.24) is 4.98 Å². The van der Waals surface area contributed by atoms with Gasteiger partial charge in [0.25, 0.3) is 0 Å². The maximum atomic E-state index is 13.9. The number of fused-ring (bicyclic) bond motifs is 2. The summed E-state index contributed by atoms with van der Waals surface area (Å²) in [5, 5.41) is 0.200. The van der Waals surface area contributed by atoms with E-state index in [-0.39, 0.29) is 22.4 Å². The summed E-state index contributed by atoms with van der Waals surface area (Å²) in [5.74, 6) is -0.910. The second-order valence-corrected chi connectivity index (χ2v) is 5.30. The summed E-state index contributed by atoms with van der Waals surface area (Å²) in [5.41, 5.74) is -0.494. The first-order valence-corrected chi connectivity index (χ1v) is 7.32. The van der Waals surface area contributed by atoms with Crippen molar-refractivity contribution in [1.29, 1.82) is 0 Å². The lowest BCUT2D eigenvalue weighted by molar-refractivity contribution is 0.297. The molecule has 0 N–H and O–H groups in total. The topological polar surface area (TPSA) is 61.6 Å². The fourth-order valence-electron chi connectivity index (χ4n) is 2.51. The summed E-state index contributed by atoms with van der Waals surface area (Å²) in [7, 11) is 0. The van der Waals surface area contributed by atoms with E-state index < -0.39 is 17.3 Å². The van der Waals surface area contributed by atoms with Gasteiger partial charge in [-0.1, -0.05) is 0 Å². The molecule has 0 amide bonds. The lowest BCUT2D eigenvalue weighted by atomic mass is 10.2. The van der Waals surface area contributed by atoms with Gasteiger partial charge in [-0.3, -0.25) is 0 Å². The van der Waals surface area contributed by atoms with Crippen LogP contribution in [0.5, 0.6) is 11.5 Å². The molecule has 0 radical (unpaired) electrons. The van der Waals surface area contributed by atoms with Crippen LogP contribution in [0.1, 0.15) is 6.42 Å². The Bertz CT molecular complexity index is 1000. The molecule has 24 heavy (non-hydrogen) atoms. The fourth-order valence-corrected chi connectivity index (χ4v) is 2.51. The van der Waals surface area contributed by atoms with Crippen LogP contribution in [0.2, 0.25) is 0 Å². The SMILES string of the molecule is O=c1oc(-c2ccc(F)cc2F)nc2cc3c(cc12)OCCCO3. The van der Waals surface area contributed by atoms with E-state index in [9.17, 15) is 13.6 Å². The lowest BCUT2D eigenvalue weighted by Gasteiger charge is -2.08. The summed E-state index contributed by atoms with van der Waals surface area (Å²) >= 11 is 0. The number of rotatable bonds is 1. The summed E-state index contributed by atoms with van der Waals surface area (Å²) in [6.07, 6.45) is 0.721. The van der Waals surface area contributed by atoms with E-state index in [4.69, 9.17) is 13.9 Å². The Hall–Kier alpha value is -2.96. The zero-order chi connectivity index (χ0) is 16.7. The average molecular weight is 331 g/mol. The highest BCUT2D eigenvalue weighted by Crippen LogP contribution is 2.33. The van der Waals surface area contributed by atoms with Crippen molar-refractivity contribution < 1.29 is 22.7 Å². The van der Waals surface area contributed by atoms with E-state index >= 15 is 0 Å². The van der Waals surface area contributed by atoms with Gasteiger partial charge in [0.15, 0.2) is 11.5 Å². The van der Waals surface area contributed by atoms with Crippen molar-refractivity contribution >= 4 is 10.9 Å². The van der Waals surface area contributed by atoms with Crippen molar-refractivity contribution in [3.05, 3.63) is 52.4 Å². The molecule has 0 saturated carbocycles. The number of aromatic nitrogens is 1. The van der Waals surface area contributed by atoms with Gasteiger partial charge >= 0.3 is 5.63 Å². The molecule has 1 aliphatic heterocycles. The minimum atomic E-state index is -0.862. The zero-order valence-electron chi connectivity index (χ0n) is 12.3. The molecule has 7 heteroatoms. The van der Waals surface area contributed by atoms with Crippen LogP contribution < -0.4 is 15.1 Å². The molecule has 0 atom stereocenters. The van der Waals surface area contributed by atoms with Gasteiger partial charge in [-0.05, 0) is 12.1 Å². The maximum absolute atomic E-state index is 13.9. The van der Waals surface area contributed by atoms with Crippen molar-refractivity contribution in [2.75, 3.05) is 13.2 Å². The van der Waals surface area contributed by atoms with E-state index in [2.05, 4.69) is 4.98 Å². The first-order chi connectivity index (χ1) is 11.6. The lowest BCUT2D eigenvalue weighted by Crippen LogP contribution is -2.05. The highest BCUT2D eigenvalue weighted by Gasteiger charge is 2.17. The normalized spacial score (nSPS) is 13.8. The van der Waals surface area contributed by atoms with Gasteiger partial charge in [-0.2, -0.15) is 0 Å². The minimum Gasteiger partial charge on any atom is -0.490 e. The molecule has 0 unspecified atom stereocenters. The summed E-state index contributed by atoms with van der Waals surface area (Å²) < 4.78 is 43.1. The molecule has 1 aliphatic rings. The quantitative estimate of drug-likeness (QED) is 0.685. The molecule has 0 fully saturated rings. The van der Waals surface area contributed by atoms with Gasteiger partial charge < -0.3 is 13.9 Å². The monoisotopic (exact) mass is 331 g/mol. The van der Waals surface area contributed by atoms with Crippen LogP contribution >= 0.6 is 0 Å². The van der Waals surface area contributed by atoms with Crippen molar-refractivity contribution in [2.24, 2.45) is 0 Å². The molecule has 5 nitrogen and oxygen atoms in total. The second-order valence-electron chi connectivity index (χ2n) is 5.30. The third kappa shape index (κ3) is 2.47. The van der Waals surface area contributed by atoms with Crippen molar-refractivity contribution in [2.45, 2.75) is 6.42 Å². The zero-order valence-corrected chi connectivity index (χ0v) is 12.3. The number of ether oxygens (including phenoxy) is 2. The predicted molar refractivity (Wildman–Crippen MR) is 81.2 cm³/mol. The van der Waals surface area contributed by atoms with Crippen LogP contribution in [0.4, 0.5) is 8.78 Å². The fraction of sp³-hybridized carbons (Fsp3) is 0.176. The van der Waals surface area contributed by atoms with E-state index in [1.54, 1.807) is 6.07 Å². The third-order valence-electron chi connectivity index (χ3n) is 3.66. The second kappa shape index (κ2) is 5.59. The maximum Gasteiger partial charge on any atom is 0.347 e. The molecule has 0 bridgehead atoms. The van der Waals surface area contributed by atoms with Crippen molar-refractivity contribution in [3.63, 3.8) is 0 Å². The van der Waals surface area contributed by atoms with E-state index in [0.717, 1.165) is 12.5 Å². The summed E-state index contributed by atoms with van der Waals surface area (Å²) in [6, 6.07) is 6.00. The van der Waals surface area contributed by atoms with Crippen LogP contribution in [0, 0.1) is 11.6 Å². The molecule has 2 heterocycles. The molecule has 1 aromatic heterocycles. The predicted octanol–water partition coefficient (Wildman–Crippen LogP) is 3.29. The molecule has 4 rings (SSSR count). The number of nitrogens with zero attached hydrogens (tertiary/aromatic N) is 1. The van der Waals surface area contributed by atoms with Gasteiger partial charge in [0.1, 0.15) is 11.6 Å². The summed E-state index contributed by atoms with van der Waals surface area (Å²) in [6.45, 7) is 0.968. The Morgan fingerprint density at radius 3 is 2.50 bits per heavy atom. The number of hydrogen-bond acceptors (Lipinski definition) is 5. The Kier molecular flexibility index (Phi) is 3.41. The Morgan fingerprint density at radius 2 is 1.75 bits per heavy atom. The van der Waals surface area contributed by atoms with Crippen molar-refractivity contribution in [3.8, 4) is 23.0 Å². The highest BCUT2D eigenvalue weighted by atomic mass is 19.1. The average Bonchev–Trinajstić information content (AvgIpc) is 2.78. The van der Waals surface area contributed by atoms with Gasteiger partial charge in [0.2, 0.25) is 5.89 Å². The van der Waals surface area contributed by atoms with Crippen LogP contribution in [0.25, 0.3) is 22.4 Å². The molecule has 2 aromatic carbocycles. The van der Waals surface area contributed by atoms with E-state index in [1.165, 1.54) is 12.1 Å². The van der Waals surface area contributed by atoms with Crippen LogP contribution in [0.3, 0.4) is 0 Å². The standard InChI is InChI=1S/C17H11F2NO4/c18-9-2-3-10(12(19)6-9)16-20-13-8-15-14(22-4-1-5-23-15)7-11(13)17(21)24-16/h2-3,6-8H,1,4-5H2. The van der Waals surface area contributed by atoms with Gasteiger partial charge in [-0.25, -0.2) is 18.6 Å². The van der Waals surface area contributed by atoms with Gasteiger partial charge in [-0.15, -0.1) is 0 Å². The van der Waals surface area contributed by atoms with Gasteiger partial charge in [0, 0.05) is 24.6 Å². The molecular weight excluding hydrogens is 320 g/mol. The smallest absolute Gasteiger partial charge is 0.347 e. The van der Waals surface area contributed by atoms with E-state index in [0.29, 0.717) is 30.8 Å². The van der Waals surface area contributed by atoms with E-state index in [1.807, 2.05) is 0 Å². The summed E-state index contributed by atoms with van der Waals surface area (Å²) in [4.78, 5) is 16.4. The van der Waals surface area contributed by atoms with Crippen LogP contribution in [0.15, 0.2) is 39.5 Å².